The van der Waals surface area contributed by atoms with Gasteiger partial charge in [-0.2, -0.15) is 0 Å². The number of nitrogens with two attached hydrogens (primary N) is 1. The maximum atomic E-state index is 7.07. The minimum Gasteiger partial charge on any atom is -0.496 e. The average Bonchev–Trinajstić information content (AvgIpc) is 2.15. The molecule has 0 aliphatic carbocycles. The van der Waals surface area contributed by atoms with E-state index in [1.165, 1.54) is 11.8 Å². The number of para-hydroxylation sites is 1. The molecule has 0 atom stereocenters. The number of amidine groups is 1. The predicted molar refractivity (Wildman–Crippen MR) is 63.5 cm³/mol. The van der Waals surface area contributed by atoms with Gasteiger partial charge < -0.3 is 10.5 Å². The SMILES string of the molecule is COc1ccccc1CSC(=N)N.Cl. The molecule has 0 saturated heterocycles. The molecule has 14 heavy (non-hydrogen) atoms. The number of thioether (sulfide) groups is 1. The first-order valence-electron chi connectivity index (χ1n) is 3.82. The van der Waals surface area contributed by atoms with Crippen LogP contribution in [0.15, 0.2) is 24.3 Å². The molecule has 0 radical (unpaired) electrons. The zero-order chi connectivity index (χ0) is 9.68. The lowest BCUT2D eigenvalue weighted by Crippen LogP contribution is -2.04. The normalized spacial score (nSPS) is 8.93. The van der Waals surface area contributed by atoms with Gasteiger partial charge in [0.15, 0.2) is 5.17 Å². The van der Waals surface area contributed by atoms with E-state index in [-0.39, 0.29) is 17.6 Å². The number of methoxy groups -OCH3 is 1. The van der Waals surface area contributed by atoms with Crippen LogP contribution in [0.25, 0.3) is 0 Å². The summed E-state index contributed by atoms with van der Waals surface area (Å²) in [5.74, 6) is 1.52. The third kappa shape index (κ3) is 3.89. The van der Waals surface area contributed by atoms with Gasteiger partial charge in [-0.1, -0.05) is 30.0 Å². The molecule has 0 unspecified atom stereocenters. The largest absolute Gasteiger partial charge is 0.496 e. The molecule has 0 fully saturated rings. The smallest absolute Gasteiger partial charge is 0.151 e. The van der Waals surface area contributed by atoms with E-state index in [1.807, 2.05) is 24.3 Å². The van der Waals surface area contributed by atoms with Crippen LogP contribution in [0.4, 0.5) is 0 Å². The highest BCUT2D eigenvalue weighted by atomic mass is 35.5. The van der Waals surface area contributed by atoms with Gasteiger partial charge in [-0.15, -0.1) is 12.4 Å². The summed E-state index contributed by atoms with van der Waals surface area (Å²) in [4.78, 5) is 0. The lowest BCUT2D eigenvalue weighted by molar-refractivity contribution is 0.411. The third-order valence-electron chi connectivity index (χ3n) is 1.58. The molecule has 0 spiro atoms. The molecule has 0 heterocycles. The van der Waals surface area contributed by atoms with Crippen molar-refractivity contribution in [3.05, 3.63) is 29.8 Å². The third-order valence-corrected chi connectivity index (χ3v) is 2.34. The first-order valence-corrected chi connectivity index (χ1v) is 4.81. The highest BCUT2D eigenvalue weighted by Gasteiger charge is 2.01. The zero-order valence-corrected chi connectivity index (χ0v) is 9.45. The molecular weight excluding hydrogens is 220 g/mol. The fourth-order valence-corrected chi connectivity index (χ4v) is 1.53. The van der Waals surface area contributed by atoms with Gasteiger partial charge in [0.05, 0.1) is 7.11 Å². The lowest BCUT2D eigenvalue weighted by Gasteiger charge is -2.06. The number of ether oxygens (including phenoxy) is 1. The highest BCUT2D eigenvalue weighted by molar-refractivity contribution is 8.13. The minimum absolute atomic E-state index is 0. The van der Waals surface area contributed by atoms with Crippen molar-refractivity contribution >= 4 is 29.3 Å². The molecule has 0 amide bonds. The maximum Gasteiger partial charge on any atom is 0.151 e. The van der Waals surface area contributed by atoms with Gasteiger partial charge in [0.2, 0.25) is 0 Å². The van der Waals surface area contributed by atoms with Crippen LogP contribution < -0.4 is 10.5 Å². The highest BCUT2D eigenvalue weighted by Crippen LogP contribution is 2.22. The van der Waals surface area contributed by atoms with Crippen molar-refractivity contribution in [1.29, 1.82) is 5.41 Å². The Morgan fingerprint density at radius 2 is 2.14 bits per heavy atom. The van der Waals surface area contributed by atoms with E-state index in [2.05, 4.69) is 0 Å². The van der Waals surface area contributed by atoms with Crippen molar-refractivity contribution in [2.75, 3.05) is 7.11 Å². The van der Waals surface area contributed by atoms with Crippen LogP contribution >= 0.6 is 24.2 Å². The van der Waals surface area contributed by atoms with E-state index in [9.17, 15) is 0 Å². The Morgan fingerprint density at radius 1 is 1.50 bits per heavy atom. The average molecular weight is 233 g/mol. The van der Waals surface area contributed by atoms with Crippen LogP contribution in [-0.2, 0) is 5.75 Å². The lowest BCUT2D eigenvalue weighted by atomic mass is 10.2. The minimum atomic E-state index is 0. The number of hydrogen-bond acceptors (Lipinski definition) is 3. The number of nitrogens with one attached hydrogen (secondary N) is 1. The molecule has 5 heteroatoms. The van der Waals surface area contributed by atoms with Crippen LogP contribution in [0, 0.1) is 5.41 Å². The second-order valence-corrected chi connectivity index (χ2v) is 3.48. The molecule has 3 N–H and O–H groups in total. The Labute approximate surface area is 93.9 Å². The van der Waals surface area contributed by atoms with E-state index >= 15 is 0 Å². The van der Waals surface area contributed by atoms with E-state index in [1.54, 1.807) is 7.11 Å². The second kappa shape index (κ2) is 6.56. The summed E-state index contributed by atoms with van der Waals surface area (Å²) in [5, 5.41) is 7.20. The van der Waals surface area contributed by atoms with Gasteiger partial charge in [-0.3, -0.25) is 5.41 Å². The number of hydrogen-bond donors (Lipinski definition) is 2. The Bertz CT molecular complexity index is 307. The molecule has 0 aliphatic heterocycles. The predicted octanol–water partition coefficient (Wildman–Crippen LogP) is 2.24. The van der Waals surface area contributed by atoms with E-state index < -0.39 is 0 Å². The Morgan fingerprint density at radius 3 is 2.71 bits per heavy atom. The van der Waals surface area contributed by atoms with Gasteiger partial charge in [-0.25, -0.2) is 0 Å². The van der Waals surface area contributed by atoms with Crippen LogP contribution in [0.2, 0.25) is 0 Å². The maximum absolute atomic E-state index is 7.07. The molecule has 1 rings (SSSR count). The summed E-state index contributed by atoms with van der Waals surface area (Å²) < 4.78 is 5.15. The molecule has 0 aliphatic rings. The summed E-state index contributed by atoms with van der Waals surface area (Å²) in [6.45, 7) is 0. The van der Waals surface area contributed by atoms with Crippen LogP contribution in [-0.4, -0.2) is 12.3 Å². The molecule has 1 aromatic rings. The van der Waals surface area contributed by atoms with Crippen molar-refractivity contribution in [3.8, 4) is 5.75 Å². The number of halogens is 1. The molecule has 0 saturated carbocycles. The van der Waals surface area contributed by atoms with E-state index in [0.717, 1.165) is 11.3 Å². The summed E-state index contributed by atoms with van der Waals surface area (Å²) in [6.07, 6.45) is 0. The topological polar surface area (TPSA) is 59.1 Å². The summed E-state index contributed by atoms with van der Waals surface area (Å²) in [7, 11) is 1.64. The molecular formula is C9H13ClN2OS. The fourth-order valence-electron chi connectivity index (χ4n) is 0.978. The molecule has 1 aromatic carbocycles. The Kier molecular flexibility index (Phi) is 6.16. The monoisotopic (exact) mass is 232 g/mol. The first kappa shape index (κ1) is 13.1. The van der Waals surface area contributed by atoms with Crippen molar-refractivity contribution in [3.63, 3.8) is 0 Å². The molecule has 0 bridgehead atoms. The van der Waals surface area contributed by atoms with E-state index in [4.69, 9.17) is 15.9 Å². The fraction of sp³-hybridized carbons (Fsp3) is 0.222. The quantitative estimate of drug-likeness (QED) is 0.621. The molecule has 3 nitrogen and oxygen atoms in total. The van der Waals surface area contributed by atoms with Crippen LogP contribution in [0.1, 0.15) is 5.56 Å². The summed E-state index contributed by atoms with van der Waals surface area (Å²) in [6, 6.07) is 7.73. The van der Waals surface area contributed by atoms with Gasteiger partial charge in [0.25, 0.3) is 0 Å². The summed E-state index contributed by atoms with van der Waals surface area (Å²) in [5.41, 5.74) is 6.30. The Balaban J connectivity index is 0.00000169. The molecule has 0 aromatic heterocycles. The van der Waals surface area contributed by atoms with Crippen molar-refractivity contribution in [1.82, 2.24) is 0 Å². The second-order valence-electron chi connectivity index (χ2n) is 2.46. The van der Waals surface area contributed by atoms with Crippen LogP contribution in [0.5, 0.6) is 5.75 Å². The van der Waals surface area contributed by atoms with Crippen LogP contribution in [0.3, 0.4) is 0 Å². The number of benzene rings is 1. The standard InChI is InChI=1S/C9H12N2OS.ClH/c1-12-8-5-3-2-4-7(8)6-13-9(10)11;/h2-5H,6H2,1H3,(H3,10,11);1H. The number of rotatable bonds is 3. The van der Waals surface area contributed by atoms with Crippen molar-refractivity contribution in [2.45, 2.75) is 5.75 Å². The van der Waals surface area contributed by atoms with E-state index in [0.29, 0.717) is 5.75 Å². The van der Waals surface area contributed by atoms with Gasteiger partial charge in [0.1, 0.15) is 5.75 Å². The van der Waals surface area contributed by atoms with Crippen molar-refractivity contribution in [2.24, 2.45) is 5.73 Å². The summed E-state index contributed by atoms with van der Waals surface area (Å²) >= 11 is 1.30. The zero-order valence-electron chi connectivity index (χ0n) is 7.82. The van der Waals surface area contributed by atoms with Gasteiger partial charge >= 0.3 is 0 Å². The Hall–Kier alpha value is -0.870. The van der Waals surface area contributed by atoms with Gasteiger partial charge in [-0.05, 0) is 6.07 Å². The van der Waals surface area contributed by atoms with Crippen molar-refractivity contribution < 1.29 is 4.74 Å². The molecule has 78 valence electrons. The first-order chi connectivity index (χ1) is 6.24. The van der Waals surface area contributed by atoms with Gasteiger partial charge in [0, 0.05) is 11.3 Å².